The molecule has 2 aromatic rings. The predicted molar refractivity (Wildman–Crippen MR) is 112 cm³/mol. The fraction of sp³-hybridized carbons (Fsp3) is 0.350. The summed E-state index contributed by atoms with van der Waals surface area (Å²) in [7, 11) is -3.77. The molecule has 0 saturated carbocycles. The number of benzene rings is 2. The second kappa shape index (κ2) is 9.80. The van der Waals surface area contributed by atoms with Crippen molar-refractivity contribution in [3.05, 3.63) is 52.0 Å². The second-order valence-corrected chi connectivity index (χ2v) is 8.27. The van der Waals surface area contributed by atoms with Gasteiger partial charge in [-0.3, -0.25) is 0 Å². The summed E-state index contributed by atoms with van der Waals surface area (Å²) in [6, 6.07) is 8.58. The maximum atomic E-state index is 12.5. The summed E-state index contributed by atoms with van der Waals surface area (Å²) in [5, 5.41) is 4.25. The topological polar surface area (TPSA) is 77.0 Å². The van der Waals surface area contributed by atoms with E-state index in [4.69, 9.17) is 21.1 Å². The van der Waals surface area contributed by atoms with Crippen molar-refractivity contribution in [3.63, 3.8) is 0 Å². The van der Waals surface area contributed by atoms with Gasteiger partial charge in [-0.1, -0.05) is 30.7 Å². The number of halogens is 1. The van der Waals surface area contributed by atoms with E-state index in [0.29, 0.717) is 40.9 Å². The Kier molecular flexibility index (Phi) is 7.71. The van der Waals surface area contributed by atoms with Crippen LogP contribution in [0, 0.1) is 13.8 Å². The van der Waals surface area contributed by atoms with Crippen molar-refractivity contribution in [2.75, 3.05) is 13.2 Å². The molecule has 6 nitrogen and oxygen atoms in total. The van der Waals surface area contributed by atoms with E-state index in [1.54, 1.807) is 31.2 Å². The van der Waals surface area contributed by atoms with Crippen LogP contribution in [0.15, 0.2) is 40.3 Å². The van der Waals surface area contributed by atoms with Gasteiger partial charge in [0.2, 0.25) is 0 Å². The lowest BCUT2D eigenvalue weighted by molar-refractivity contribution is 0.277. The first-order chi connectivity index (χ1) is 13.3. The molecule has 0 atom stereocenters. The molecule has 2 rings (SSSR count). The molecule has 2 aromatic carbocycles. The first-order valence-corrected chi connectivity index (χ1v) is 10.9. The zero-order valence-electron chi connectivity index (χ0n) is 16.5. The molecule has 0 spiro atoms. The molecule has 0 radical (unpaired) electrons. The SMILES string of the molecule is CCCOc1c(Cl)cc(/C=N\NS(=O)(=O)c2cc(C)ccc2C)cc1OCC. The maximum absolute atomic E-state index is 12.5. The average Bonchev–Trinajstić information content (AvgIpc) is 2.63. The Morgan fingerprint density at radius 1 is 1.14 bits per heavy atom. The van der Waals surface area contributed by atoms with Crippen molar-refractivity contribution in [1.29, 1.82) is 0 Å². The number of ether oxygens (including phenoxy) is 2. The minimum atomic E-state index is -3.77. The number of nitrogens with zero attached hydrogens (tertiary/aromatic N) is 1. The Balaban J connectivity index is 2.24. The van der Waals surface area contributed by atoms with Gasteiger partial charge in [0.05, 0.1) is 29.3 Å². The van der Waals surface area contributed by atoms with E-state index in [1.807, 2.05) is 26.8 Å². The van der Waals surface area contributed by atoms with Crippen molar-refractivity contribution in [2.24, 2.45) is 5.10 Å². The Hall–Kier alpha value is -2.25. The van der Waals surface area contributed by atoms with Gasteiger partial charge in [-0.05, 0) is 62.1 Å². The third-order valence-corrected chi connectivity index (χ3v) is 5.45. The number of hydrazone groups is 1. The highest BCUT2D eigenvalue weighted by atomic mass is 35.5. The van der Waals surface area contributed by atoms with Crippen molar-refractivity contribution < 1.29 is 17.9 Å². The fourth-order valence-corrected chi connectivity index (χ4v) is 3.88. The summed E-state index contributed by atoms with van der Waals surface area (Å²) in [6.45, 7) is 8.39. The minimum Gasteiger partial charge on any atom is -0.490 e. The van der Waals surface area contributed by atoms with Crippen LogP contribution < -0.4 is 14.3 Å². The number of rotatable bonds is 9. The smallest absolute Gasteiger partial charge is 0.276 e. The third-order valence-electron chi connectivity index (χ3n) is 3.80. The van der Waals surface area contributed by atoms with Gasteiger partial charge in [-0.15, -0.1) is 0 Å². The zero-order valence-corrected chi connectivity index (χ0v) is 18.0. The van der Waals surface area contributed by atoms with Gasteiger partial charge in [-0.2, -0.15) is 13.5 Å². The third kappa shape index (κ3) is 5.62. The Morgan fingerprint density at radius 2 is 1.89 bits per heavy atom. The Morgan fingerprint density at radius 3 is 2.57 bits per heavy atom. The summed E-state index contributed by atoms with van der Waals surface area (Å²) < 4.78 is 36.3. The van der Waals surface area contributed by atoms with Gasteiger partial charge in [-0.25, -0.2) is 4.83 Å². The monoisotopic (exact) mass is 424 g/mol. The van der Waals surface area contributed by atoms with E-state index >= 15 is 0 Å². The van der Waals surface area contributed by atoms with Crippen LogP contribution in [0.4, 0.5) is 0 Å². The highest BCUT2D eigenvalue weighted by molar-refractivity contribution is 7.89. The van der Waals surface area contributed by atoms with Crippen LogP contribution in [-0.2, 0) is 10.0 Å². The lowest BCUT2D eigenvalue weighted by Crippen LogP contribution is -2.19. The second-order valence-electron chi connectivity index (χ2n) is 6.23. The van der Waals surface area contributed by atoms with Gasteiger partial charge in [0.1, 0.15) is 0 Å². The average molecular weight is 425 g/mol. The largest absolute Gasteiger partial charge is 0.490 e. The molecule has 0 unspecified atom stereocenters. The molecule has 0 amide bonds. The molecule has 0 saturated heterocycles. The lowest BCUT2D eigenvalue weighted by atomic mass is 10.2. The summed E-state index contributed by atoms with van der Waals surface area (Å²) in [5.74, 6) is 0.959. The molecule has 0 heterocycles. The summed E-state index contributed by atoms with van der Waals surface area (Å²) in [4.78, 5) is 2.43. The molecule has 0 aliphatic rings. The van der Waals surface area contributed by atoms with Crippen LogP contribution >= 0.6 is 11.6 Å². The molecule has 0 fully saturated rings. The van der Waals surface area contributed by atoms with Gasteiger partial charge in [0.25, 0.3) is 10.0 Å². The first-order valence-electron chi connectivity index (χ1n) is 8.99. The molecule has 28 heavy (non-hydrogen) atoms. The standard InChI is InChI=1S/C20H25ClN2O4S/c1-5-9-27-20-17(21)11-16(12-18(20)26-6-2)13-22-23-28(24,25)19-10-14(3)7-8-15(19)4/h7-8,10-13,23H,5-6,9H2,1-4H3/b22-13-. The molecule has 0 aromatic heterocycles. The van der Waals surface area contributed by atoms with Crippen LogP contribution in [0.25, 0.3) is 0 Å². The van der Waals surface area contributed by atoms with Crippen molar-refractivity contribution >= 4 is 27.8 Å². The molecular formula is C20H25ClN2O4S. The first kappa shape index (κ1) is 22.0. The molecule has 0 bridgehead atoms. The number of sulfonamides is 1. The number of aryl methyl sites for hydroxylation is 2. The Bertz CT molecular complexity index is 959. The van der Waals surface area contributed by atoms with E-state index in [-0.39, 0.29) is 4.90 Å². The van der Waals surface area contributed by atoms with Crippen molar-refractivity contribution in [3.8, 4) is 11.5 Å². The molecule has 0 aliphatic heterocycles. The zero-order chi connectivity index (χ0) is 20.7. The van der Waals surface area contributed by atoms with Crippen LogP contribution in [-0.4, -0.2) is 27.8 Å². The quantitative estimate of drug-likeness (QED) is 0.476. The summed E-state index contributed by atoms with van der Waals surface area (Å²) in [6.07, 6.45) is 2.21. The van der Waals surface area contributed by atoms with Crippen molar-refractivity contribution in [1.82, 2.24) is 4.83 Å². The fourth-order valence-electron chi connectivity index (χ4n) is 2.49. The molecule has 8 heteroatoms. The predicted octanol–water partition coefficient (Wildman–Crippen LogP) is 4.46. The van der Waals surface area contributed by atoms with Crippen LogP contribution in [0.5, 0.6) is 11.5 Å². The van der Waals surface area contributed by atoms with Crippen LogP contribution in [0.2, 0.25) is 5.02 Å². The summed E-state index contributed by atoms with van der Waals surface area (Å²) in [5.41, 5.74) is 2.08. The van der Waals surface area contributed by atoms with E-state index in [0.717, 1.165) is 12.0 Å². The van der Waals surface area contributed by atoms with Crippen LogP contribution in [0.1, 0.15) is 37.0 Å². The Labute approximate surface area is 171 Å². The maximum Gasteiger partial charge on any atom is 0.276 e. The van der Waals surface area contributed by atoms with E-state index in [1.165, 1.54) is 6.21 Å². The molecule has 0 aliphatic carbocycles. The number of hydrogen-bond acceptors (Lipinski definition) is 5. The number of nitrogens with one attached hydrogen (secondary N) is 1. The van der Waals surface area contributed by atoms with Gasteiger partial charge in [0, 0.05) is 0 Å². The van der Waals surface area contributed by atoms with E-state index in [2.05, 4.69) is 9.93 Å². The lowest BCUT2D eigenvalue weighted by Gasteiger charge is -2.14. The van der Waals surface area contributed by atoms with Gasteiger partial charge < -0.3 is 9.47 Å². The van der Waals surface area contributed by atoms with E-state index in [9.17, 15) is 8.42 Å². The van der Waals surface area contributed by atoms with Gasteiger partial charge in [0.15, 0.2) is 11.5 Å². The van der Waals surface area contributed by atoms with Crippen molar-refractivity contribution in [2.45, 2.75) is 39.0 Å². The van der Waals surface area contributed by atoms with Crippen LogP contribution in [0.3, 0.4) is 0 Å². The van der Waals surface area contributed by atoms with Gasteiger partial charge >= 0.3 is 0 Å². The minimum absolute atomic E-state index is 0.195. The highest BCUT2D eigenvalue weighted by Crippen LogP contribution is 2.36. The molecular weight excluding hydrogens is 400 g/mol. The summed E-state index contributed by atoms with van der Waals surface area (Å²) >= 11 is 6.30. The molecule has 152 valence electrons. The highest BCUT2D eigenvalue weighted by Gasteiger charge is 2.16. The normalized spacial score (nSPS) is 11.6. The number of hydrogen-bond donors (Lipinski definition) is 1. The molecule has 1 N–H and O–H groups in total. The van der Waals surface area contributed by atoms with E-state index < -0.39 is 10.0 Å².